The summed E-state index contributed by atoms with van der Waals surface area (Å²) in [5.41, 5.74) is 2.00. The van der Waals surface area contributed by atoms with Gasteiger partial charge in [0.15, 0.2) is 0 Å². The fraction of sp³-hybridized carbons (Fsp3) is 0.565. The molecule has 1 fully saturated rings. The first-order valence-corrected chi connectivity index (χ1v) is 10.4. The molecule has 1 amide bonds. The van der Waals surface area contributed by atoms with Gasteiger partial charge in [0.1, 0.15) is 11.5 Å². The van der Waals surface area contributed by atoms with Gasteiger partial charge in [-0.15, -0.1) is 0 Å². The van der Waals surface area contributed by atoms with Crippen LogP contribution in [-0.4, -0.2) is 31.3 Å². The first kappa shape index (κ1) is 21.4. The Labute approximate surface area is 173 Å². The number of carbonyl (C=O) groups excluding carboxylic acids is 1. The van der Waals surface area contributed by atoms with Crippen molar-refractivity contribution in [2.24, 2.45) is 11.8 Å². The summed E-state index contributed by atoms with van der Waals surface area (Å²) in [6.07, 6.45) is 2.39. The van der Waals surface area contributed by atoms with Gasteiger partial charge in [-0.05, 0) is 55.5 Å². The van der Waals surface area contributed by atoms with Gasteiger partial charge < -0.3 is 19.9 Å². The van der Waals surface area contributed by atoms with E-state index in [0.717, 1.165) is 48.7 Å². The molecule has 1 aliphatic heterocycles. The highest BCUT2D eigenvalue weighted by Gasteiger charge is 2.29. The summed E-state index contributed by atoms with van der Waals surface area (Å²) in [6, 6.07) is 9.84. The van der Waals surface area contributed by atoms with E-state index in [4.69, 9.17) is 9.26 Å². The second-order valence-electron chi connectivity index (χ2n) is 8.98. The number of hydrogen-bond donors (Lipinski definition) is 2. The maximum atomic E-state index is 12.6. The van der Waals surface area contributed by atoms with Crippen molar-refractivity contribution in [3.05, 3.63) is 47.3 Å². The number of rotatable bonds is 7. The number of nitrogens with zero attached hydrogens (tertiary/aromatic N) is 1. The fourth-order valence-corrected chi connectivity index (χ4v) is 3.77. The predicted octanol–water partition coefficient (Wildman–Crippen LogP) is 3.46. The van der Waals surface area contributed by atoms with E-state index in [-0.39, 0.29) is 11.3 Å². The van der Waals surface area contributed by atoms with Gasteiger partial charge in [-0.2, -0.15) is 0 Å². The fourth-order valence-electron chi connectivity index (χ4n) is 3.77. The Hall–Kier alpha value is -2.34. The number of nitrogens with one attached hydrogen (secondary N) is 2. The van der Waals surface area contributed by atoms with Gasteiger partial charge >= 0.3 is 0 Å². The standard InChI is InChI=1S/C23H33N3O3/c1-23(2,3)21-13-19(26-29-21)11-18-15-24-10-9-17(18)12-22(27)25-14-16-5-7-20(28-4)8-6-16/h5-8,13,17-18,24H,9-12,14-15H2,1-4H3,(H,25,27). The van der Waals surface area contributed by atoms with E-state index in [1.165, 1.54) is 0 Å². The third-order valence-electron chi connectivity index (χ3n) is 5.63. The Morgan fingerprint density at radius 2 is 2.03 bits per heavy atom. The lowest BCUT2D eigenvalue weighted by Gasteiger charge is -2.31. The zero-order chi connectivity index (χ0) is 20.9. The second-order valence-corrected chi connectivity index (χ2v) is 8.98. The molecule has 3 rings (SSSR count). The molecule has 1 saturated heterocycles. The Morgan fingerprint density at radius 3 is 2.69 bits per heavy atom. The molecule has 2 heterocycles. The van der Waals surface area contributed by atoms with E-state index in [1.54, 1.807) is 7.11 Å². The van der Waals surface area contributed by atoms with E-state index in [2.05, 4.69) is 42.6 Å². The Balaban J connectivity index is 1.53. The van der Waals surface area contributed by atoms with Crippen LogP contribution in [0.4, 0.5) is 0 Å². The average Bonchev–Trinajstić information content (AvgIpc) is 3.17. The molecular formula is C23H33N3O3. The third kappa shape index (κ3) is 6.07. The van der Waals surface area contributed by atoms with Gasteiger partial charge in [0, 0.05) is 24.4 Å². The summed E-state index contributed by atoms with van der Waals surface area (Å²) in [4.78, 5) is 12.6. The molecule has 29 heavy (non-hydrogen) atoms. The van der Waals surface area contributed by atoms with Crippen molar-refractivity contribution in [3.63, 3.8) is 0 Å². The van der Waals surface area contributed by atoms with Crippen LogP contribution in [0.25, 0.3) is 0 Å². The van der Waals surface area contributed by atoms with Crippen molar-refractivity contribution in [2.75, 3.05) is 20.2 Å². The highest BCUT2D eigenvalue weighted by Crippen LogP contribution is 2.28. The van der Waals surface area contributed by atoms with Crippen LogP contribution >= 0.6 is 0 Å². The monoisotopic (exact) mass is 399 g/mol. The molecule has 0 radical (unpaired) electrons. The normalized spacial score (nSPS) is 19.7. The van der Waals surface area contributed by atoms with E-state index in [1.807, 2.05) is 24.3 Å². The van der Waals surface area contributed by atoms with Crippen LogP contribution in [0.15, 0.2) is 34.9 Å². The number of hydrogen-bond acceptors (Lipinski definition) is 5. The van der Waals surface area contributed by atoms with E-state index >= 15 is 0 Å². The lowest BCUT2D eigenvalue weighted by molar-refractivity contribution is -0.122. The number of carbonyl (C=O) groups is 1. The summed E-state index contributed by atoms with van der Waals surface area (Å²) in [5.74, 6) is 2.56. The Kier molecular flexibility index (Phi) is 6.96. The van der Waals surface area contributed by atoms with Crippen LogP contribution in [0.2, 0.25) is 0 Å². The van der Waals surface area contributed by atoms with Gasteiger partial charge in [-0.25, -0.2) is 0 Å². The summed E-state index contributed by atoms with van der Waals surface area (Å²) in [7, 11) is 1.65. The molecule has 0 saturated carbocycles. The third-order valence-corrected chi connectivity index (χ3v) is 5.63. The minimum Gasteiger partial charge on any atom is -0.497 e. The second kappa shape index (κ2) is 9.44. The SMILES string of the molecule is COc1ccc(CNC(=O)CC2CCNCC2Cc2cc(C(C)(C)C)on2)cc1. The van der Waals surface area contributed by atoms with Gasteiger partial charge in [-0.1, -0.05) is 38.1 Å². The highest BCUT2D eigenvalue weighted by molar-refractivity contribution is 5.76. The zero-order valence-electron chi connectivity index (χ0n) is 18.0. The minimum absolute atomic E-state index is 0.0448. The number of ether oxygens (including phenoxy) is 1. The molecule has 6 heteroatoms. The number of aromatic nitrogens is 1. The Bertz CT molecular complexity index is 792. The van der Waals surface area contributed by atoms with E-state index in [9.17, 15) is 4.79 Å². The van der Waals surface area contributed by atoms with E-state index in [0.29, 0.717) is 24.8 Å². The van der Waals surface area contributed by atoms with Crippen molar-refractivity contribution in [2.45, 2.75) is 52.0 Å². The van der Waals surface area contributed by atoms with Crippen molar-refractivity contribution >= 4 is 5.91 Å². The van der Waals surface area contributed by atoms with Gasteiger partial charge in [-0.3, -0.25) is 4.79 Å². The average molecular weight is 400 g/mol. The van der Waals surface area contributed by atoms with Crippen LogP contribution in [0.3, 0.4) is 0 Å². The van der Waals surface area contributed by atoms with Crippen LogP contribution in [0, 0.1) is 11.8 Å². The minimum atomic E-state index is -0.0448. The van der Waals surface area contributed by atoms with Crippen LogP contribution in [0.1, 0.15) is 50.6 Å². The number of piperidine rings is 1. The summed E-state index contributed by atoms with van der Waals surface area (Å²) in [6.45, 7) is 8.77. The predicted molar refractivity (Wildman–Crippen MR) is 113 cm³/mol. The first-order chi connectivity index (χ1) is 13.8. The number of methoxy groups -OCH3 is 1. The van der Waals surface area contributed by atoms with Gasteiger partial charge in [0.05, 0.1) is 12.8 Å². The van der Waals surface area contributed by atoms with Crippen LogP contribution < -0.4 is 15.4 Å². The molecule has 2 unspecified atom stereocenters. The molecule has 1 aliphatic rings. The quantitative estimate of drug-likeness (QED) is 0.746. The zero-order valence-corrected chi connectivity index (χ0v) is 18.0. The maximum absolute atomic E-state index is 12.6. The first-order valence-electron chi connectivity index (χ1n) is 10.4. The molecule has 1 aromatic carbocycles. The smallest absolute Gasteiger partial charge is 0.220 e. The van der Waals surface area contributed by atoms with Gasteiger partial charge in [0.25, 0.3) is 0 Å². The molecule has 2 aromatic rings. The Morgan fingerprint density at radius 1 is 1.28 bits per heavy atom. The summed E-state index contributed by atoms with van der Waals surface area (Å²) in [5, 5.41) is 10.8. The lowest BCUT2D eigenvalue weighted by atomic mass is 9.81. The van der Waals surface area contributed by atoms with Crippen molar-refractivity contribution in [3.8, 4) is 5.75 Å². The van der Waals surface area contributed by atoms with Crippen LogP contribution in [-0.2, 0) is 23.2 Å². The maximum Gasteiger partial charge on any atom is 0.220 e. The summed E-state index contributed by atoms with van der Waals surface area (Å²) < 4.78 is 10.7. The summed E-state index contributed by atoms with van der Waals surface area (Å²) >= 11 is 0. The highest BCUT2D eigenvalue weighted by atomic mass is 16.5. The van der Waals surface area contributed by atoms with E-state index < -0.39 is 0 Å². The topological polar surface area (TPSA) is 76.4 Å². The number of amides is 1. The lowest BCUT2D eigenvalue weighted by Crippen LogP contribution is -2.40. The molecular weight excluding hydrogens is 366 g/mol. The van der Waals surface area contributed by atoms with Crippen LogP contribution in [0.5, 0.6) is 5.75 Å². The molecule has 2 atom stereocenters. The molecule has 1 aromatic heterocycles. The van der Waals surface area contributed by atoms with Crippen molar-refractivity contribution < 1.29 is 14.1 Å². The molecule has 0 bridgehead atoms. The molecule has 0 spiro atoms. The molecule has 0 aliphatic carbocycles. The molecule has 158 valence electrons. The van der Waals surface area contributed by atoms with Crippen molar-refractivity contribution in [1.29, 1.82) is 0 Å². The molecule has 2 N–H and O–H groups in total. The molecule has 6 nitrogen and oxygen atoms in total. The van der Waals surface area contributed by atoms with Gasteiger partial charge in [0.2, 0.25) is 5.91 Å². The number of benzene rings is 1. The largest absolute Gasteiger partial charge is 0.497 e. The van der Waals surface area contributed by atoms with Crippen molar-refractivity contribution in [1.82, 2.24) is 15.8 Å².